The molecule has 0 aliphatic rings. The molecule has 0 fully saturated rings. The van der Waals surface area contributed by atoms with Crippen LogP contribution in [0.4, 0.5) is 10.5 Å². The van der Waals surface area contributed by atoms with Crippen LogP contribution in [-0.4, -0.2) is 29.9 Å². The van der Waals surface area contributed by atoms with Gasteiger partial charge in [0.25, 0.3) is 0 Å². The van der Waals surface area contributed by atoms with Gasteiger partial charge in [0.05, 0.1) is 13.5 Å². The summed E-state index contributed by atoms with van der Waals surface area (Å²) in [5.41, 5.74) is 0.428. The number of benzene rings is 1. The van der Waals surface area contributed by atoms with Crippen LogP contribution < -0.4 is 10.1 Å². The molecule has 0 saturated carbocycles. The number of carbonyl (C=O) groups is 2. The minimum atomic E-state index is -0.948. The van der Waals surface area contributed by atoms with Crippen molar-refractivity contribution >= 4 is 17.7 Å². The second-order valence-electron chi connectivity index (χ2n) is 5.22. The first-order valence-electron chi connectivity index (χ1n) is 6.10. The van der Waals surface area contributed by atoms with Gasteiger partial charge in [-0.3, -0.25) is 10.1 Å². The van der Waals surface area contributed by atoms with E-state index >= 15 is 0 Å². The minimum Gasteiger partial charge on any atom is -0.496 e. The van der Waals surface area contributed by atoms with Gasteiger partial charge in [0, 0.05) is 17.3 Å². The molecule has 1 aromatic rings. The lowest BCUT2D eigenvalue weighted by Gasteiger charge is -2.20. The van der Waals surface area contributed by atoms with Crippen LogP contribution in [-0.2, 0) is 16.0 Å². The van der Waals surface area contributed by atoms with Crippen LogP contribution in [0.5, 0.6) is 5.75 Å². The van der Waals surface area contributed by atoms with Crippen molar-refractivity contribution in [3.8, 4) is 5.75 Å². The number of anilines is 1. The van der Waals surface area contributed by atoms with Gasteiger partial charge >= 0.3 is 12.1 Å². The zero-order valence-electron chi connectivity index (χ0n) is 12.0. The highest BCUT2D eigenvalue weighted by molar-refractivity contribution is 5.85. The lowest BCUT2D eigenvalue weighted by molar-refractivity contribution is -0.136. The molecule has 0 atom stereocenters. The number of amides is 1. The zero-order valence-corrected chi connectivity index (χ0v) is 12.0. The predicted octanol–water partition coefficient (Wildman–Crippen LogP) is 2.67. The van der Waals surface area contributed by atoms with Gasteiger partial charge in [0.2, 0.25) is 0 Å². The van der Waals surface area contributed by atoms with Crippen LogP contribution in [0.3, 0.4) is 0 Å². The molecule has 0 unspecified atom stereocenters. The quantitative estimate of drug-likeness (QED) is 0.886. The molecule has 0 bridgehead atoms. The van der Waals surface area contributed by atoms with E-state index in [4.69, 9.17) is 14.6 Å². The molecule has 0 radical (unpaired) electrons. The van der Waals surface area contributed by atoms with E-state index in [1.165, 1.54) is 7.11 Å². The Morgan fingerprint density at radius 2 is 1.95 bits per heavy atom. The number of carboxylic acids is 1. The molecule has 1 rings (SSSR count). The van der Waals surface area contributed by atoms with E-state index in [2.05, 4.69) is 5.32 Å². The summed E-state index contributed by atoms with van der Waals surface area (Å²) in [4.78, 5) is 22.3. The van der Waals surface area contributed by atoms with Gasteiger partial charge in [-0.1, -0.05) is 6.07 Å². The van der Waals surface area contributed by atoms with Crippen molar-refractivity contribution < 1.29 is 24.2 Å². The summed E-state index contributed by atoms with van der Waals surface area (Å²) in [5, 5.41) is 11.3. The van der Waals surface area contributed by atoms with Crippen molar-refractivity contribution in [3.63, 3.8) is 0 Å². The Balaban J connectivity index is 2.82. The lowest BCUT2D eigenvalue weighted by Crippen LogP contribution is -2.27. The number of carboxylic acid groups (broad SMARTS) is 1. The van der Waals surface area contributed by atoms with Crippen LogP contribution in [0.15, 0.2) is 18.2 Å². The summed E-state index contributed by atoms with van der Waals surface area (Å²) in [6.07, 6.45) is -0.721. The molecule has 2 N–H and O–H groups in total. The molecule has 0 aromatic heterocycles. The topological polar surface area (TPSA) is 84.9 Å². The molecule has 0 heterocycles. The third-order valence-corrected chi connectivity index (χ3v) is 2.27. The van der Waals surface area contributed by atoms with E-state index in [9.17, 15) is 9.59 Å². The third kappa shape index (κ3) is 5.17. The monoisotopic (exact) mass is 281 g/mol. The summed E-state index contributed by atoms with van der Waals surface area (Å²) in [5.74, 6) is -0.544. The smallest absolute Gasteiger partial charge is 0.412 e. The van der Waals surface area contributed by atoms with E-state index in [1.807, 2.05) is 0 Å². The third-order valence-electron chi connectivity index (χ3n) is 2.27. The molecular formula is C14H19NO5. The SMILES string of the molecule is COc1cc(NC(=O)OC(C)(C)C)ccc1CC(=O)O. The fourth-order valence-corrected chi connectivity index (χ4v) is 1.55. The first-order chi connectivity index (χ1) is 9.21. The van der Waals surface area contributed by atoms with Gasteiger partial charge in [0.15, 0.2) is 0 Å². The van der Waals surface area contributed by atoms with Crippen molar-refractivity contribution in [1.29, 1.82) is 0 Å². The number of ether oxygens (including phenoxy) is 2. The van der Waals surface area contributed by atoms with Crippen LogP contribution in [0.1, 0.15) is 26.3 Å². The van der Waals surface area contributed by atoms with E-state index in [1.54, 1.807) is 39.0 Å². The molecule has 0 aliphatic heterocycles. The Hall–Kier alpha value is -2.24. The Labute approximate surface area is 117 Å². The molecule has 0 spiro atoms. The number of hydrogen-bond donors (Lipinski definition) is 2. The first kappa shape index (κ1) is 15.8. The van der Waals surface area contributed by atoms with Gasteiger partial charge in [-0.05, 0) is 26.8 Å². The molecule has 0 saturated heterocycles. The van der Waals surface area contributed by atoms with Crippen LogP contribution in [0, 0.1) is 0 Å². The van der Waals surface area contributed by atoms with Crippen molar-refractivity contribution in [2.45, 2.75) is 32.8 Å². The molecule has 20 heavy (non-hydrogen) atoms. The van der Waals surface area contributed by atoms with Crippen molar-refractivity contribution in [2.24, 2.45) is 0 Å². The van der Waals surface area contributed by atoms with Crippen LogP contribution in [0.25, 0.3) is 0 Å². The summed E-state index contributed by atoms with van der Waals surface area (Å²) in [7, 11) is 1.44. The Morgan fingerprint density at radius 1 is 1.30 bits per heavy atom. The second kappa shape index (κ2) is 6.27. The normalized spacial score (nSPS) is 10.8. The zero-order chi connectivity index (χ0) is 15.3. The van der Waals surface area contributed by atoms with Gasteiger partial charge in [-0.15, -0.1) is 0 Å². The minimum absolute atomic E-state index is 0.143. The summed E-state index contributed by atoms with van der Waals surface area (Å²) < 4.78 is 10.2. The number of nitrogens with one attached hydrogen (secondary N) is 1. The number of methoxy groups -OCH3 is 1. The standard InChI is InChI=1S/C14H19NO5/c1-14(2,3)20-13(18)15-10-6-5-9(7-12(16)17)11(8-10)19-4/h5-6,8H,7H2,1-4H3,(H,15,18)(H,16,17). The molecule has 6 heteroatoms. The largest absolute Gasteiger partial charge is 0.496 e. The van der Waals surface area contributed by atoms with Crippen molar-refractivity contribution in [1.82, 2.24) is 0 Å². The lowest BCUT2D eigenvalue weighted by atomic mass is 10.1. The fraction of sp³-hybridized carbons (Fsp3) is 0.429. The maximum Gasteiger partial charge on any atom is 0.412 e. The van der Waals surface area contributed by atoms with E-state index in [-0.39, 0.29) is 6.42 Å². The Morgan fingerprint density at radius 3 is 2.45 bits per heavy atom. The average molecular weight is 281 g/mol. The van der Waals surface area contributed by atoms with E-state index in [0.717, 1.165) is 0 Å². The van der Waals surface area contributed by atoms with E-state index in [0.29, 0.717) is 17.0 Å². The molecular weight excluding hydrogens is 262 g/mol. The maximum atomic E-state index is 11.6. The summed E-state index contributed by atoms with van der Waals surface area (Å²) >= 11 is 0. The average Bonchev–Trinajstić information content (AvgIpc) is 2.27. The molecule has 110 valence electrons. The van der Waals surface area contributed by atoms with Gasteiger partial charge < -0.3 is 14.6 Å². The number of hydrogen-bond acceptors (Lipinski definition) is 4. The molecule has 6 nitrogen and oxygen atoms in total. The molecule has 1 amide bonds. The highest BCUT2D eigenvalue weighted by Gasteiger charge is 2.17. The highest BCUT2D eigenvalue weighted by atomic mass is 16.6. The van der Waals surface area contributed by atoms with Gasteiger partial charge in [-0.2, -0.15) is 0 Å². The summed E-state index contributed by atoms with van der Waals surface area (Å²) in [6.45, 7) is 5.30. The van der Waals surface area contributed by atoms with Crippen molar-refractivity contribution in [3.05, 3.63) is 23.8 Å². The van der Waals surface area contributed by atoms with Gasteiger partial charge in [0.1, 0.15) is 11.4 Å². The first-order valence-corrected chi connectivity index (χ1v) is 6.10. The van der Waals surface area contributed by atoms with Crippen molar-refractivity contribution in [2.75, 3.05) is 12.4 Å². The van der Waals surface area contributed by atoms with Gasteiger partial charge in [-0.25, -0.2) is 4.79 Å². The Bertz CT molecular complexity index is 505. The summed E-state index contributed by atoms with van der Waals surface area (Å²) in [6, 6.07) is 4.76. The number of aliphatic carboxylic acids is 1. The highest BCUT2D eigenvalue weighted by Crippen LogP contribution is 2.24. The van der Waals surface area contributed by atoms with Crippen LogP contribution in [0.2, 0.25) is 0 Å². The predicted molar refractivity (Wildman–Crippen MR) is 74.2 cm³/mol. The Kier molecular flexibility index (Phi) is 4.96. The second-order valence-corrected chi connectivity index (χ2v) is 5.22. The molecule has 0 aliphatic carbocycles. The maximum absolute atomic E-state index is 11.6. The fourth-order valence-electron chi connectivity index (χ4n) is 1.55. The van der Waals surface area contributed by atoms with Crippen LogP contribution >= 0.6 is 0 Å². The molecule has 1 aromatic carbocycles. The number of rotatable bonds is 4. The van der Waals surface area contributed by atoms with E-state index < -0.39 is 17.7 Å². The number of carbonyl (C=O) groups excluding carboxylic acids is 1.